The number of H-pyrrole nitrogens is 1. The second-order valence-corrected chi connectivity index (χ2v) is 5.41. The van der Waals surface area contributed by atoms with Crippen LogP contribution in [-0.4, -0.2) is 41.9 Å². The lowest BCUT2D eigenvalue weighted by Gasteiger charge is -2.23. The van der Waals surface area contributed by atoms with Crippen LogP contribution < -0.4 is 5.56 Å². The van der Waals surface area contributed by atoms with Gasteiger partial charge in [0.1, 0.15) is 11.9 Å². The van der Waals surface area contributed by atoms with E-state index >= 15 is 0 Å². The summed E-state index contributed by atoms with van der Waals surface area (Å²) >= 11 is 0. The van der Waals surface area contributed by atoms with Gasteiger partial charge in [-0.3, -0.25) is 19.7 Å². The molecule has 0 aliphatic carbocycles. The number of carbonyl (C=O) groups excluding carboxylic acids is 1. The van der Waals surface area contributed by atoms with Gasteiger partial charge in [0.05, 0.1) is 11.7 Å². The van der Waals surface area contributed by atoms with Gasteiger partial charge in [-0.15, -0.1) is 0 Å². The normalized spacial score (nSPS) is 17.7. The molecule has 0 aromatic carbocycles. The molecule has 1 fully saturated rings. The van der Waals surface area contributed by atoms with E-state index in [-0.39, 0.29) is 23.3 Å². The van der Waals surface area contributed by atoms with E-state index in [0.29, 0.717) is 6.54 Å². The Bertz CT molecular complexity index is 916. The zero-order valence-electron chi connectivity index (χ0n) is 12.2. The van der Waals surface area contributed by atoms with Gasteiger partial charge in [-0.2, -0.15) is 4.52 Å². The molecule has 23 heavy (non-hydrogen) atoms. The van der Waals surface area contributed by atoms with Crippen molar-refractivity contribution in [3.05, 3.63) is 58.5 Å². The third-order valence-electron chi connectivity index (χ3n) is 4.08. The smallest absolute Gasteiger partial charge is 0.286 e. The van der Waals surface area contributed by atoms with Crippen molar-refractivity contribution in [3.8, 4) is 0 Å². The summed E-state index contributed by atoms with van der Waals surface area (Å²) in [7, 11) is 0. The van der Waals surface area contributed by atoms with Crippen molar-refractivity contribution in [2.24, 2.45) is 0 Å². The van der Waals surface area contributed by atoms with Gasteiger partial charge in [0.15, 0.2) is 0 Å². The van der Waals surface area contributed by atoms with Crippen LogP contribution in [-0.2, 0) is 0 Å². The van der Waals surface area contributed by atoms with E-state index in [1.165, 1.54) is 17.0 Å². The Labute approximate surface area is 130 Å². The molecular weight excluding hydrogens is 296 g/mol. The van der Waals surface area contributed by atoms with E-state index in [4.69, 9.17) is 0 Å². The molecule has 1 unspecified atom stereocenters. The monoisotopic (exact) mass is 310 g/mol. The number of nitrogens with zero attached hydrogens (tertiary/aromatic N) is 5. The Morgan fingerprint density at radius 2 is 2.17 bits per heavy atom. The Hall–Kier alpha value is -3.03. The highest BCUT2D eigenvalue weighted by Crippen LogP contribution is 2.31. The third kappa shape index (κ3) is 2.19. The number of aromatic nitrogens is 5. The maximum absolute atomic E-state index is 12.8. The Morgan fingerprint density at radius 1 is 1.26 bits per heavy atom. The van der Waals surface area contributed by atoms with Gasteiger partial charge >= 0.3 is 0 Å². The highest BCUT2D eigenvalue weighted by Gasteiger charge is 2.33. The fourth-order valence-electron chi connectivity index (χ4n) is 2.99. The highest BCUT2D eigenvalue weighted by atomic mass is 16.2. The molecule has 1 aliphatic rings. The summed E-state index contributed by atoms with van der Waals surface area (Å²) < 4.78 is 1.17. The van der Waals surface area contributed by atoms with Crippen molar-refractivity contribution in [1.29, 1.82) is 0 Å². The molecule has 8 heteroatoms. The number of hydrogen-bond acceptors (Lipinski definition) is 5. The number of rotatable bonds is 2. The van der Waals surface area contributed by atoms with E-state index in [0.717, 1.165) is 18.5 Å². The minimum atomic E-state index is -0.441. The Morgan fingerprint density at radius 3 is 3.00 bits per heavy atom. The molecule has 1 saturated heterocycles. The Balaban J connectivity index is 1.72. The topological polar surface area (TPSA) is 96.2 Å². The van der Waals surface area contributed by atoms with E-state index in [9.17, 15) is 9.59 Å². The summed E-state index contributed by atoms with van der Waals surface area (Å²) in [5.41, 5.74) is 0.438. The fraction of sp³-hybridized carbons (Fsp3) is 0.267. The highest BCUT2D eigenvalue weighted by molar-refractivity contribution is 5.94. The van der Waals surface area contributed by atoms with Crippen LogP contribution in [0.3, 0.4) is 0 Å². The molecule has 0 radical (unpaired) electrons. The average molecular weight is 310 g/mol. The molecule has 116 valence electrons. The molecule has 8 nitrogen and oxygen atoms in total. The molecule has 4 rings (SSSR count). The molecule has 3 aromatic heterocycles. The quantitative estimate of drug-likeness (QED) is 0.755. The molecule has 1 amide bonds. The Kier molecular flexibility index (Phi) is 3.14. The predicted molar refractivity (Wildman–Crippen MR) is 80.9 cm³/mol. The summed E-state index contributed by atoms with van der Waals surface area (Å²) in [4.78, 5) is 39.2. The summed E-state index contributed by atoms with van der Waals surface area (Å²) in [5, 5.41) is 2.66. The van der Waals surface area contributed by atoms with Crippen molar-refractivity contribution >= 4 is 11.7 Å². The number of fused-ring (bicyclic) bond motifs is 1. The standard InChI is InChI=1S/C15H14N6O2/c22-13(10-8-17-15-18-9-19-21(15)14(10)23)20-7-3-5-12(20)11-4-1-2-6-16-11/h1-2,4,6,8-9,12H,3,5,7H2,(H,17,18,19). The first kappa shape index (κ1) is 13.6. The predicted octanol–water partition coefficient (Wildman–Crippen LogP) is 0.790. The fourth-order valence-corrected chi connectivity index (χ4v) is 2.99. The van der Waals surface area contributed by atoms with E-state index < -0.39 is 5.56 Å². The molecular formula is C15H14N6O2. The molecule has 0 saturated carbocycles. The summed E-state index contributed by atoms with van der Waals surface area (Å²) in [5.74, 6) is -0.0751. The average Bonchev–Trinajstić information content (AvgIpc) is 3.25. The molecule has 1 atom stereocenters. The first-order chi connectivity index (χ1) is 11.3. The zero-order chi connectivity index (χ0) is 15.8. The first-order valence-electron chi connectivity index (χ1n) is 7.39. The molecule has 3 aromatic rings. The van der Waals surface area contributed by atoms with E-state index in [1.807, 2.05) is 18.2 Å². The molecule has 1 aliphatic heterocycles. The van der Waals surface area contributed by atoms with Gasteiger partial charge in [-0.1, -0.05) is 6.07 Å². The van der Waals surface area contributed by atoms with E-state index in [1.54, 1.807) is 11.1 Å². The van der Waals surface area contributed by atoms with Gasteiger partial charge in [0.2, 0.25) is 0 Å². The van der Waals surface area contributed by atoms with Crippen molar-refractivity contribution < 1.29 is 4.79 Å². The molecule has 4 heterocycles. The van der Waals surface area contributed by atoms with Crippen LogP contribution in [0.1, 0.15) is 34.9 Å². The lowest BCUT2D eigenvalue weighted by atomic mass is 10.1. The number of likely N-dealkylation sites (tertiary alicyclic amines) is 1. The lowest BCUT2D eigenvalue weighted by molar-refractivity contribution is 0.0730. The van der Waals surface area contributed by atoms with Crippen LogP contribution in [0.5, 0.6) is 0 Å². The van der Waals surface area contributed by atoms with Crippen LogP contribution in [0.2, 0.25) is 0 Å². The number of aromatic amines is 1. The third-order valence-corrected chi connectivity index (χ3v) is 4.08. The molecule has 0 spiro atoms. The number of nitrogens with one attached hydrogen (secondary N) is 1. The van der Waals surface area contributed by atoms with Gasteiger partial charge in [0, 0.05) is 18.9 Å². The van der Waals surface area contributed by atoms with Crippen LogP contribution in [0.15, 0.2) is 41.7 Å². The zero-order valence-corrected chi connectivity index (χ0v) is 12.2. The first-order valence-corrected chi connectivity index (χ1v) is 7.39. The van der Waals surface area contributed by atoms with E-state index in [2.05, 4.69) is 20.1 Å². The van der Waals surface area contributed by atoms with Gasteiger partial charge in [-0.05, 0) is 25.0 Å². The maximum Gasteiger partial charge on any atom is 0.286 e. The van der Waals surface area contributed by atoms with Crippen molar-refractivity contribution in [1.82, 2.24) is 29.5 Å². The second-order valence-electron chi connectivity index (χ2n) is 5.41. The summed E-state index contributed by atoms with van der Waals surface area (Å²) in [6, 6.07) is 5.54. The molecule has 1 N–H and O–H groups in total. The number of pyridine rings is 1. The lowest BCUT2D eigenvalue weighted by Crippen LogP contribution is -2.36. The van der Waals surface area contributed by atoms with Gasteiger partial charge in [0.25, 0.3) is 17.2 Å². The summed E-state index contributed by atoms with van der Waals surface area (Å²) in [6.45, 7) is 0.602. The van der Waals surface area contributed by atoms with Crippen molar-refractivity contribution in [2.75, 3.05) is 6.54 Å². The van der Waals surface area contributed by atoms with Crippen LogP contribution in [0.25, 0.3) is 5.78 Å². The molecule has 0 bridgehead atoms. The summed E-state index contributed by atoms with van der Waals surface area (Å²) in [6.07, 6.45) is 6.10. The number of hydrogen-bond donors (Lipinski definition) is 1. The van der Waals surface area contributed by atoms with Crippen molar-refractivity contribution in [3.63, 3.8) is 0 Å². The largest absolute Gasteiger partial charge is 0.330 e. The van der Waals surface area contributed by atoms with Crippen LogP contribution in [0.4, 0.5) is 0 Å². The van der Waals surface area contributed by atoms with Crippen LogP contribution >= 0.6 is 0 Å². The SMILES string of the molecule is O=C(c1cnc2nc[nH]n2c1=O)N1CCCC1c1ccccn1. The maximum atomic E-state index is 12.8. The second kappa shape index (κ2) is 5.31. The van der Waals surface area contributed by atoms with Crippen LogP contribution in [0, 0.1) is 0 Å². The van der Waals surface area contributed by atoms with Crippen molar-refractivity contribution in [2.45, 2.75) is 18.9 Å². The number of carbonyl (C=O) groups is 1. The van der Waals surface area contributed by atoms with Gasteiger partial charge in [-0.25, -0.2) is 9.97 Å². The minimum absolute atomic E-state index is 0.0366. The number of amides is 1. The van der Waals surface area contributed by atoms with Gasteiger partial charge < -0.3 is 4.90 Å². The minimum Gasteiger partial charge on any atom is -0.330 e.